The molecule has 1 saturated heterocycles. The summed E-state index contributed by atoms with van der Waals surface area (Å²) in [5, 5.41) is 3.39. The fourth-order valence-corrected chi connectivity index (χ4v) is 2.64. The van der Waals surface area contributed by atoms with E-state index in [-0.39, 0.29) is 5.82 Å². The molecule has 1 aliphatic rings. The molecule has 2 rings (SSSR count). The summed E-state index contributed by atoms with van der Waals surface area (Å²) in [7, 11) is 2.15. The minimum absolute atomic E-state index is 0.257. The van der Waals surface area contributed by atoms with Gasteiger partial charge in [-0.15, -0.1) is 0 Å². The fourth-order valence-electron chi connectivity index (χ4n) is 2.64. The minimum atomic E-state index is -0.257. The number of aromatic nitrogens is 1. The molecule has 1 aliphatic heterocycles. The second-order valence-electron chi connectivity index (χ2n) is 6.30. The predicted molar refractivity (Wildman–Crippen MR) is 85.1 cm³/mol. The molecular formula is C16H27FN4. The third-order valence-corrected chi connectivity index (χ3v) is 3.80. The van der Waals surface area contributed by atoms with E-state index in [1.54, 1.807) is 6.07 Å². The molecule has 0 aromatic carbocycles. The topological polar surface area (TPSA) is 31.4 Å². The fraction of sp³-hybridized carbons (Fsp3) is 0.688. The third kappa shape index (κ3) is 4.93. The summed E-state index contributed by atoms with van der Waals surface area (Å²) in [6.07, 6.45) is 2.45. The van der Waals surface area contributed by atoms with Crippen LogP contribution in [-0.2, 0) is 6.54 Å². The van der Waals surface area contributed by atoms with E-state index in [1.165, 1.54) is 6.20 Å². The van der Waals surface area contributed by atoms with E-state index in [0.29, 0.717) is 12.5 Å². The molecule has 2 heterocycles. The van der Waals surface area contributed by atoms with Crippen molar-refractivity contribution >= 4 is 5.82 Å². The molecule has 0 saturated carbocycles. The molecule has 0 bridgehead atoms. The Morgan fingerprint density at radius 3 is 2.86 bits per heavy atom. The van der Waals surface area contributed by atoms with Crippen molar-refractivity contribution in [3.63, 3.8) is 0 Å². The predicted octanol–water partition coefficient (Wildman–Crippen LogP) is 2.11. The van der Waals surface area contributed by atoms with Gasteiger partial charge in [-0.05, 0) is 38.5 Å². The first kappa shape index (κ1) is 16.2. The molecule has 0 amide bonds. The van der Waals surface area contributed by atoms with Gasteiger partial charge >= 0.3 is 0 Å². The van der Waals surface area contributed by atoms with Gasteiger partial charge in [-0.3, -0.25) is 0 Å². The molecule has 0 unspecified atom stereocenters. The number of rotatable bonds is 5. The maximum absolute atomic E-state index is 13.5. The van der Waals surface area contributed by atoms with Crippen LogP contribution in [0.1, 0.15) is 25.8 Å². The van der Waals surface area contributed by atoms with Gasteiger partial charge in [0.1, 0.15) is 11.6 Å². The lowest BCUT2D eigenvalue weighted by molar-refractivity contribution is 0.360. The molecule has 1 aromatic rings. The van der Waals surface area contributed by atoms with E-state index in [1.807, 2.05) is 0 Å². The van der Waals surface area contributed by atoms with Crippen LogP contribution in [-0.4, -0.2) is 49.7 Å². The zero-order valence-corrected chi connectivity index (χ0v) is 13.4. The van der Waals surface area contributed by atoms with Crippen LogP contribution in [0, 0.1) is 11.7 Å². The van der Waals surface area contributed by atoms with Crippen molar-refractivity contribution in [1.29, 1.82) is 0 Å². The van der Waals surface area contributed by atoms with Gasteiger partial charge in [0.05, 0.1) is 6.20 Å². The van der Waals surface area contributed by atoms with E-state index in [9.17, 15) is 4.39 Å². The van der Waals surface area contributed by atoms with Crippen LogP contribution < -0.4 is 10.2 Å². The Hall–Kier alpha value is -1.20. The normalized spacial score (nSPS) is 17.3. The van der Waals surface area contributed by atoms with E-state index < -0.39 is 0 Å². The van der Waals surface area contributed by atoms with Gasteiger partial charge in [-0.25, -0.2) is 9.37 Å². The lowest BCUT2D eigenvalue weighted by Gasteiger charge is -2.24. The maximum atomic E-state index is 13.5. The highest BCUT2D eigenvalue weighted by Gasteiger charge is 2.17. The van der Waals surface area contributed by atoms with Crippen LogP contribution in [0.2, 0.25) is 0 Å². The van der Waals surface area contributed by atoms with Crippen molar-refractivity contribution in [2.45, 2.75) is 26.8 Å². The molecule has 5 heteroatoms. The molecule has 4 nitrogen and oxygen atoms in total. The third-order valence-electron chi connectivity index (χ3n) is 3.80. The zero-order valence-electron chi connectivity index (χ0n) is 13.4. The number of anilines is 1. The Kier molecular flexibility index (Phi) is 5.94. The molecule has 118 valence electrons. The van der Waals surface area contributed by atoms with Crippen LogP contribution in [0.4, 0.5) is 10.2 Å². The number of hydrogen-bond acceptors (Lipinski definition) is 4. The summed E-state index contributed by atoms with van der Waals surface area (Å²) in [5.41, 5.74) is 0.959. The SMILES string of the molecule is CC(C)CNCc1cc(F)cnc1N1CCCN(C)CC1. The van der Waals surface area contributed by atoms with Crippen LogP contribution in [0.25, 0.3) is 0 Å². The number of nitrogens with zero attached hydrogens (tertiary/aromatic N) is 3. The summed E-state index contributed by atoms with van der Waals surface area (Å²) in [4.78, 5) is 8.98. The molecule has 1 aromatic heterocycles. The van der Waals surface area contributed by atoms with Gasteiger partial charge in [0.25, 0.3) is 0 Å². The first-order valence-electron chi connectivity index (χ1n) is 7.85. The average molecular weight is 294 g/mol. The number of halogens is 1. The Bertz CT molecular complexity index is 450. The zero-order chi connectivity index (χ0) is 15.2. The first-order chi connectivity index (χ1) is 10.1. The molecular weight excluding hydrogens is 267 g/mol. The van der Waals surface area contributed by atoms with Crippen LogP contribution in [0.3, 0.4) is 0 Å². The average Bonchev–Trinajstić information content (AvgIpc) is 2.63. The lowest BCUT2D eigenvalue weighted by atomic mass is 10.2. The number of hydrogen-bond donors (Lipinski definition) is 1. The number of nitrogens with one attached hydrogen (secondary N) is 1. The minimum Gasteiger partial charge on any atom is -0.355 e. The van der Waals surface area contributed by atoms with Gasteiger partial charge < -0.3 is 15.1 Å². The second-order valence-corrected chi connectivity index (χ2v) is 6.30. The smallest absolute Gasteiger partial charge is 0.141 e. The number of likely N-dealkylation sites (N-methyl/N-ethyl adjacent to an activating group) is 1. The van der Waals surface area contributed by atoms with Crippen LogP contribution >= 0.6 is 0 Å². The van der Waals surface area contributed by atoms with Gasteiger partial charge in [-0.1, -0.05) is 13.8 Å². The van der Waals surface area contributed by atoms with Gasteiger partial charge in [-0.2, -0.15) is 0 Å². The summed E-state index contributed by atoms with van der Waals surface area (Å²) < 4.78 is 13.5. The standard InChI is InChI=1S/C16H27FN4/c1-13(2)10-18-11-14-9-15(17)12-19-16(14)21-6-4-5-20(3)7-8-21/h9,12-13,18H,4-8,10-11H2,1-3H3. The Morgan fingerprint density at radius 1 is 1.29 bits per heavy atom. The molecule has 0 spiro atoms. The Balaban J connectivity index is 2.09. The quantitative estimate of drug-likeness (QED) is 0.901. The van der Waals surface area contributed by atoms with Gasteiger partial charge in [0, 0.05) is 31.7 Å². The molecule has 1 N–H and O–H groups in total. The highest BCUT2D eigenvalue weighted by molar-refractivity contribution is 5.47. The summed E-state index contributed by atoms with van der Waals surface area (Å²) in [6.45, 7) is 10.0. The molecule has 1 fully saturated rings. The van der Waals surface area contributed by atoms with Gasteiger partial charge in [0.2, 0.25) is 0 Å². The number of pyridine rings is 1. The highest BCUT2D eigenvalue weighted by Crippen LogP contribution is 2.20. The summed E-state index contributed by atoms with van der Waals surface area (Å²) >= 11 is 0. The first-order valence-corrected chi connectivity index (χ1v) is 7.85. The molecule has 0 radical (unpaired) electrons. The summed E-state index contributed by atoms with van der Waals surface area (Å²) in [5.74, 6) is 1.26. The van der Waals surface area contributed by atoms with Gasteiger partial charge in [0.15, 0.2) is 0 Å². The van der Waals surface area contributed by atoms with Crippen molar-refractivity contribution in [1.82, 2.24) is 15.2 Å². The monoisotopic (exact) mass is 294 g/mol. The van der Waals surface area contributed by atoms with Crippen molar-refractivity contribution in [2.24, 2.45) is 5.92 Å². The van der Waals surface area contributed by atoms with Crippen molar-refractivity contribution in [3.8, 4) is 0 Å². The molecule has 21 heavy (non-hydrogen) atoms. The maximum Gasteiger partial charge on any atom is 0.141 e. The lowest BCUT2D eigenvalue weighted by Crippen LogP contribution is -2.31. The summed E-state index contributed by atoms with van der Waals surface area (Å²) in [6, 6.07) is 1.62. The van der Waals surface area contributed by atoms with Crippen LogP contribution in [0.5, 0.6) is 0 Å². The second kappa shape index (κ2) is 7.71. The molecule has 0 atom stereocenters. The van der Waals surface area contributed by atoms with E-state index in [2.05, 4.69) is 41.0 Å². The van der Waals surface area contributed by atoms with Crippen molar-refractivity contribution in [3.05, 3.63) is 23.6 Å². The largest absolute Gasteiger partial charge is 0.355 e. The van der Waals surface area contributed by atoms with E-state index in [0.717, 1.165) is 50.5 Å². The molecule has 0 aliphatic carbocycles. The van der Waals surface area contributed by atoms with Crippen molar-refractivity contribution in [2.75, 3.05) is 44.7 Å². The Morgan fingerprint density at radius 2 is 2.10 bits per heavy atom. The van der Waals surface area contributed by atoms with Crippen LogP contribution in [0.15, 0.2) is 12.3 Å². The van der Waals surface area contributed by atoms with E-state index in [4.69, 9.17) is 0 Å². The van der Waals surface area contributed by atoms with E-state index >= 15 is 0 Å². The Labute approximate surface area is 127 Å². The highest BCUT2D eigenvalue weighted by atomic mass is 19.1. The van der Waals surface area contributed by atoms with Crippen molar-refractivity contribution < 1.29 is 4.39 Å².